The number of carboxylic acid groups (broad SMARTS) is 1. The summed E-state index contributed by atoms with van der Waals surface area (Å²) in [4.78, 5) is 36.2. The smallest absolute Gasteiger partial charge is 0.416 e. The number of alkyl halides is 6. The molecular formula is C24H18F6N2O6S2. The summed E-state index contributed by atoms with van der Waals surface area (Å²) >= 11 is 6.00. The van der Waals surface area contributed by atoms with Crippen molar-refractivity contribution < 1.29 is 55.3 Å². The van der Waals surface area contributed by atoms with Crippen molar-refractivity contribution in [3.8, 4) is 22.6 Å². The maximum atomic E-state index is 13.5. The van der Waals surface area contributed by atoms with Crippen LogP contribution in [0.2, 0.25) is 0 Å². The molecule has 0 saturated carbocycles. The lowest BCUT2D eigenvalue weighted by Gasteiger charge is -2.18. The number of benzene rings is 2. The third-order valence-corrected chi connectivity index (χ3v) is 6.67. The number of carboxylic acids is 1. The number of carbonyl (C=O) groups is 3. The minimum Gasteiger partial charge on any atom is -0.493 e. The fourth-order valence-corrected chi connectivity index (χ4v) is 4.84. The number of aliphatic carboxylic acids is 1. The molecule has 0 unspecified atom stereocenters. The second-order valence-electron chi connectivity index (χ2n) is 8.13. The van der Waals surface area contributed by atoms with Crippen LogP contribution in [0.3, 0.4) is 0 Å². The highest BCUT2D eigenvalue weighted by Crippen LogP contribution is 2.45. The van der Waals surface area contributed by atoms with Gasteiger partial charge in [-0.05, 0) is 47.5 Å². The number of methoxy groups -OCH3 is 1. The number of hydrogen-bond acceptors (Lipinski definition) is 7. The van der Waals surface area contributed by atoms with E-state index >= 15 is 0 Å². The van der Waals surface area contributed by atoms with Crippen molar-refractivity contribution in [2.75, 3.05) is 20.3 Å². The molecule has 1 fully saturated rings. The monoisotopic (exact) mass is 608 g/mol. The summed E-state index contributed by atoms with van der Waals surface area (Å²) in [6.45, 7) is -1.09. The van der Waals surface area contributed by atoms with Gasteiger partial charge in [0.25, 0.3) is 5.91 Å². The molecule has 0 bridgehead atoms. The molecule has 3 N–H and O–H groups in total. The standard InChI is InChI=1S/C24H18F6N2O6S2/c1-37-16-5-11(6-17-21(36)32(22(39)40-17)3-2-18(31)33)4-15(20(16)38-10-19(34)35)12-7-13(23(25,26)27)9-14(8-12)24(28,29)30/h4-9H,2-3,10H2,1H3,(H2,31,33)(H,34,35). The predicted molar refractivity (Wildman–Crippen MR) is 135 cm³/mol. The predicted octanol–water partition coefficient (Wildman–Crippen LogP) is 4.94. The molecule has 2 aromatic carbocycles. The lowest BCUT2D eigenvalue weighted by molar-refractivity contribution is -0.143. The van der Waals surface area contributed by atoms with E-state index in [4.69, 9.17) is 32.5 Å². The third kappa shape index (κ3) is 7.24. The van der Waals surface area contributed by atoms with Gasteiger partial charge in [0.15, 0.2) is 18.1 Å². The van der Waals surface area contributed by atoms with Gasteiger partial charge in [0, 0.05) is 18.5 Å². The van der Waals surface area contributed by atoms with Gasteiger partial charge in [-0.25, -0.2) is 4.79 Å². The number of halogens is 6. The molecule has 16 heteroatoms. The van der Waals surface area contributed by atoms with Gasteiger partial charge in [-0.15, -0.1) is 0 Å². The van der Waals surface area contributed by atoms with E-state index in [2.05, 4.69) is 0 Å². The van der Waals surface area contributed by atoms with Crippen LogP contribution in [0.1, 0.15) is 23.1 Å². The maximum absolute atomic E-state index is 13.5. The van der Waals surface area contributed by atoms with Gasteiger partial charge in [-0.3, -0.25) is 14.5 Å². The number of amides is 2. The summed E-state index contributed by atoms with van der Waals surface area (Å²) in [5.41, 5.74) is 0.996. The SMILES string of the molecule is COc1cc(C=C2SC(=S)N(CCC(N)=O)C2=O)cc(-c2cc(C(F)(F)F)cc(C(F)(F)F)c2)c1OCC(=O)O. The number of nitrogens with two attached hydrogens (primary N) is 1. The first kappa shape index (κ1) is 30.7. The zero-order chi connectivity index (χ0) is 30.0. The van der Waals surface area contributed by atoms with Gasteiger partial charge < -0.3 is 20.3 Å². The van der Waals surface area contributed by atoms with E-state index in [1.54, 1.807) is 0 Å². The summed E-state index contributed by atoms with van der Waals surface area (Å²) in [5.74, 6) is -3.44. The molecule has 2 aromatic rings. The molecule has 0 aliphatic carbocycles. The molecule has 2 amide bonds. The van der Waals surface area contributed by atoms with Crippen LogP contribution in [0.25, 0.3) is 17.2 Å². The lowest BCUT2D eigenvalue weighted by atomic mass is 9.96. The molecule has 3 rings (SSSR count). The maximum Gasteiger partial charge on any atom is 0.416 e. The van der Waals surface area contributed by atoms with Gasteiger partial charge >= 0.3 is 18.3 Å². The summed E-state index contributed by atoms with van der Waals surface area (Å²) in [7, 11) is 1.12. The highest BCUT2D eigenvalue weighted by Gasteiger charge is 2.37. The number of rotatable bonds is 9. The Kier molecular flexibility index (Phi) is 9.04. The highest BCUT2D eigenvalue weighted by atomic mass is 32.2. The number of thioether (sulfide) groups is 1. The fourth-order valence-electron chi connectivity index (χ4n) is 3.53. The van der Waals surface area contributed by atoms with E-state index in [0.717, 1.165) is 29.8 Å². The molecule has 214 valence electrons. The Morgan fingerprint density at radius 3 is 2.17 bits per heavy atom. The van der Waals surface area contributed by atoms with Crippen LogP contribution in [0.15, 0.2) is 35.2 Å². The number of nitrogens with zero attached hydrogens (tertiary/aromatic N) is 1. The van der Waals surface area contributed by atoms with Crippen LogP contribution in [0, 0.1) is 0 Å². The molecule has 40 heavy (non-hydrogen) atoms. The van der Waals surface area contributed by atoms with Crippen molar-refractivity contribution in [1.29, 1.82) is 0 Å². The summed E-state index contributed by atoms with van der Waals surface area (Å²) in [6, 6.07) is 3.20. The van der Waals surface area contributed by atoms with Crippen LogP contribution in [-0.2, 0) is 26.7 Å². The van der Waals surface area contributed by atoms with Gasteiger partial charge in [-0.1, -0.05) is 24.0 Å². The third-order valence-electron chi connectivity index (χ3n) is 5.29. The molecule has 1 heterocycles. The fraction of sp³-hybridized carbons (Fsp3) is 0.250. The molecule has 1 saturated heterocycles. The average molecular weight is 609 g/mol. The molecular weight excluding hydrogens is 590 g/mol. The number of thiocarbonyl (C=S) groups is 1. The Hall–Kier alpha value is -3.79. The number of hydrogen-bond donors (Lipinski definition) is 2. The molecule has 8 nitrogen and oxygen atoms in total. The summed E-state index contributed by atoms with van der Waals surface area (Å²) in [5, 5.41) is 9.04. The van der Waals surface area contributed by atoms with Crippen LogP contribution >= 0.6 is 24.0 Å². The molecule has 1 aliphatic heterocycles. The molecule has 1 aliphatic rings. The minimum absolute atomic E-state index is 0.0294. The average Bonchev–Trinajstić information content (AvgIpc) is 3.11. The van der Waals surface area contributed by atoms with Crippen LogP contribution in [0.5, 0.6) is 11.5 Å². The first-order valence-corrected chi connectivity index (χ1v) is 12.1. The van der Waals surface area contributed by atoms with Gasteiger partial charge in [0.1, 0.15) is 4.32 Å². The quantitative estimate of drug-likeness (QED) is 0.234. The zero-order valence-corrected chi connectivity index (χ0v) is 21.8. The Labute approximate surface area is 231 Å². The van der Waals surface area contributed by atoms with Crippen LogP contribution < -0.4 is 15.2 Å². The second-order valence-corrected chi connectivity index (χ2v) is 9.80. The largest absolute Gasteiger partial charge is 0.493 e. The molecule has 0 spiro atoms. The number of carbonyl (C=O) groups excluding carboxylic acids is 2. The second kappa shape index (κ2) is 11.8. The van der Waals surface area contributed by atoms with Crippen molar-refractivity contribution in [2.24, 2.45) is 5.73 Å². The lowest BCUT2D eigenvalue weighted by Crippen LogP contribution is -2.31. The minimum atomic E-state index is -5.15. The topological polar surface area (TPSA) is 119 Å². The normalized spacial score (nSPS) is 15.1. The highest BCUT2D eigenvalue weighted by molar-refractivity contribution is 8.26. The van der Waals surface area contributed by atoms with Gasteiger partial charge in [0.05, 0.1) is 23.1 Å². The van der Waals surface area contributed by atoms with E-state index in [1.807, 2.05) is 0 Å². The Balaban J connectivity index is 2.23. The first-order valence-electron chi connectivity index (χ1n) is 10.9. The zero-order valence-electron chi connectivity index (χ0n) is 20.2. The Morgan fingerprint density at radius 1 is 1.07 bits per heavy atom. The first-order chi connectivity index (χ1) is 18.5. The van der Waals surface area contributed by atoms with Gasteiger partial charge in [0.2, 0.25) is 5.91 Å². The summed E-state index contributed by atoms with van der Waals surface area (Å²) in [6.07, 6.45) is -9.23. The van der Waals surface area contributed by atoms with E-state index in [1.165, 1.54) is 12.1 Å². The van der Waals surface area contributed by atoms with Crippen LogP contribution in [-0.4, -0.2) is 52.4 Å². The number of ether oxygens (including phenoxy) is 2. The molecule has 0 atom stereocenters. The Morgan fingerprint density at radius 2 is 1.68 bits per heavy atom. The summed E-state index contributed by atoms with van der Waals surface area (Å²) < 4.78 is 91.7. The molecule has 0 aromatic heterocycles. The van der Waals surface area contributed by atoms with Crippen LogP contribution in [0.4, 0.5) is 26.3 Å². The van der Waals surface area contributed by atoms with Crippen molar-refractivity contribution >= 4 is 52.2 Å². The van der Waals surface area contributed by atoms with Gasteiger partial charge in [-0.2, -0.15) is 26.3 Å². The number of primary amides is 1. The van der Waals surface area contributed by atoms with E-state index in [0.29, 0.717) is 12.1 Å². The van der Waals surface area contributed by atoms with Crippen molar-refractivity contribution in [1.82, 2.24) is 4.90 Å². The van der Waals surface area contributed by atoms with Crippen molar-refractivity contribution in [2.45, 2.75) is 18.8 Å². The van der Waals surface area contributed by atoms with Crippen molar-refractivity contribution in [3.63, 3.8) is 0 Å². The van der Waals surface area contributed by atoms with E-state index in [9.17, 15) is 40.7 Å². The van der Waals surface area contributed by atoms with E-state index in [-0.39, 0.29) is 45.1 Å². The Bertz CT molecular complexity index is 1380. The molecule has 0 radical (unpaired) electrons. The van der Waals surface area contributed by atoms with E-state index < -0.39 is 59.2 Å². The van der Waals surface area contributed by atoms with Crippen molar-refractivity contribution in [3.05, 3.63) is 51.9 Å².